The Morgan fingerprint density at radius 2 is 1.71 bits per heavy atom. The number of hydrogen-bond donors (Lipinski definition) is 0. The zero-order valence-electron chi connectivity index (χ0n) is 11.4. The van der Waals surface area contributed by atoms with E-state index in [4.69, 9.17) is 10.5 Å². The van der Waals surface area contributed by atoms with Crippen molar-refractivity contribution in [3.8, 4) is 12.1 Å². The molecule has 0 heterocycles. The molecule has 1 rings (SSSR count). The molecule has 21 heavy (non-hydrogen) atoms. The molecule has 0 aromatic heterocycles. The van der Waals surface area contributed by atoms with E-state index in [-0.39, 0.29) is 11.3 Å². The zero-order chi connectivity index (χ0) is 15.8. The molecule has 0 spiro atoms. The van der Waals surface area contributed by atoms with Crippen LogP contribution in [0.1, 0.15) is 5.56 Å². The Morgan fingerprint density at radius 3 is 2.10 bits per heavy atom. The van der Waals surface area contributed by atoms with E-state index in [1.807, 2.05) is 24.6 Å². The average molecular weight is 317 g/mol. The van der Waals surface area contributed by atoms with Gasteiger partial charge in [-0.15, -0.1) is 23.5 Å². The van der Waals surface area contributed by atoms with Crippen molar-refractivity contribution < 1.29 is 4.92 Å². The van der Waals surface area contributed by atoms with Crippen LogP contribution in [-0.2, 0) is 0 Å². The van der Waals surface area contributed by atoms with Gasteiger partial charge in [0.2, 0.25) is 0 Å². The lowest BCUT2D eigenvalue weighted by atomic mass is 10.0. The second-order valence-corrected chi connectivity index (χ2v) is 5.64. The molecule has 0 aliphatic rings. The molecule has 0 unspecified atom stereocenters. The van der Waals surface area contributed by atoms with Crippen molar-refractivity contribution in [3.63, 3.8) is 0 Å². The van der Waals surface area contributed by atoms with Crippen LogP contribution in [0.5, 0.6) is 0 Å². The number of nitriles is 2. The lowest BCUT2D eigenvalue weighted by Gasteiger charge is -2.05. The van der Waals surface area contributed by atoms with Gasteiger partial charge in [-0.25, -0.2) is 0 Å². The van der Waals surface area contributed by atoms with E-state index < -0.39 is 4.92 Å². The van der Waals surface area contributed by atoms with Crippen LogP contribution in [0.2, 0.25) is 0 Å². The molecule has 0 fully saturated rings. The van der Waals surface area contributed by atoms with Crippen molar-refractivity contribution in [2.75, 3.05) is 12.5 Å². The molecule has 0 saturated heterocycles. The summed E-state index contributed by atoms with van der Waals surface area (Å²) >= 11 is 3.00. The molecule has 106 valence electrons. The highest BCUT2D eigenvalue weighted by atomic mass is 32.2. The van der Waals surface area contributed by atoms with Crippen molar-refractivity contribution in [3.05, 3.63) is 55.8 Å². The summed E-state index contributed by atoms with van der Waals surface area (Å²) in [7, 11) is 0. The number of rotatable bonds is 5. The van der Waals surface area contributed by atoms with Crippen LogP contribution < -0.4 is 0 Å². The molecule has 0 atom stereocenters. The van der Waals surface area contributed by atoms with Gasteiger partial charge in [-0.1, -0.05) is 0 Å². The van der Waals surface area contributed by atoms with E-state index in [2.05, 4.69) is 0 Å². The molecule has 1 aromatic rings. The highest BCUT2D eigenvalue weighted by molar-refractivity contribution is 8.21. The third-order valence-electron chi connectivity index (χ3n) is 2.55. The Balaban J connectivity index is 3.43. The number of nitro groups is 1. The first-order valence-electron chi connectivity index (χ1n) is 5.66. The highest BCUT2D eigenvalue weighted by Crippen LogP contribution is 2.30. The van der Waals surface area contributed by atoms with Crippen molar-refractivity contribution in [2.45, 2.75) is 0 Å². The summed E-state index contributed by atoms with van der Waals surface area (Å²) in [6, 6.07) is 9.51. The minimum atomic E-state index is -0.492. The number of thioether (sulfide) groups is 2. The van der Waals surface area contributed by atoms with Gasteiger partial charge in [0, 0.05) is 21.9 Å². The number of nitro benzene ring substituents is 1. The van der Waals surface area contributed by atoms with Gasteiger partial charge in [-0.2, -0.15) is 10.5 Å². The van der Waals surface area contributed by atoms with Crippen LogP contribution in [0, 0.1) is 32.8 Å². The van der Waals surface area contributed by atoms with Crippen LogP contribution in [0.3, 0.4) is 0 Å². The first kappa shape index (κ1) is 16.8. The van der Waals surface area contributed by atoms with Gasteiger partial charge in [0.1, 0.15) is 17.7 Å². The molecular weight excluding hydrogens is 306 g/mol. The molecule has 0 aliphatic carbocycles. The fourth-order valence-corrected chi connectivity index (χ4v) is 2.67. The Kier molecular flexibility index (Phi) is 6.54. The molecule has 0 saturated carbocycles. The van der Waals surface area contributed by atoms with Crippen LogP contribution >= 0.6 is 23.5 Å². The predicted molar refractivity (Wildman–Crippen MR) is 86.4 cm³/mol. The molecular formula is C14H11N3O2S2. The molecule has 1 aromatic carbocycles. The van der Waals surface area contributed by atoms with Gasteiger partial charge in [0.15, 0.2) is 0 Å². The summed E-state index contributed by atoms with van der Waals surface area (Å²) in [5, 5.41) is 28.8. The van der Waals surface area contributed by atoms with Crippen molar-refractivity contribution in [1.29, 1.82) is 10.5 Å². The second kappa shape index (κ2) is 8.15. The Bertz CT molecular complexity index is 658. The maximum Gasteiger partial charge on any atom is 0.269 e. The van der Waals surface area contributed by atoms with Crippen molar-refractivity contribution >= 4 is 34.8 Å². The first-order chi connectivity index (χ1) is 10.1. The van der Waals surface area contributed by atoms with Crippen LogP contribution in [0.25, 0.3) is 5.57 Å². The van der Waals surface area contributed by atoms with Gasteiger partial charge in [0.05, 0.1) is 4.92 Å². The molecule has 0 amide bonds. The highest BCUT2D eigenvalue weighted by Gasteiger charge is 2.11. The minimum Gasteiger partial charge on any atom is -0.258 e. The summed E-state index contributed by atoms with van der Waals surface area (Å²) in [6.45, 7) is 0. The summed E-state index contributed by atoms with van der Waals surface area (Å²) < 4.78 is 0.936. The lowest BCUT2D eigenvalue weighted by Crippen LogP contribution is -1.91. The van der Waals surface area contributed by atoms with Crippen molar-refractivity contribution in [1.82, 2.24) is 0 Å². The summed E-state index contributed by atoms with van der Waals surface area (Å²) in [5.74, 6) is 0. The van der Waals surface area contributed by atoms with Gasteiger partial charge in [-0.05, 0) is 36.3 Å². The van der Waals surface area contributed by atoms with E-state index in [1.165, 1.54) is 47.8 Å². The van der Waals surface area contributed by atoms with E-state index in [0.717, 1.165) is 4.24 Å². The Morgan fingerprint density at radius 1 is 1.19 bits per heavy atom. The molecule has 5 nitrogen and oxygen atoms in total. The standard InChI is InChI=1S/C14H11N3O2S2/c1-20-14(21-2)7-13(11(8-15)9-16)10-3-5-12(6-4-10)17(18)19/h3-7H,1-2H3. The van der Waals surface area contributed by atoms with Crippen LogP contribution in [-0.4, -0.2) is 17.4 Å². The van der Waals surface area contributed by atoms with Gasteiger partial charge in [0.25, 0.3) is 5.69 Å². The van der Waals surface area contributed by atoms with Gasteiger partial charge >= 0.3 is 0 Å². The summed E-state index contributed by atoms with van der Waals surface area (Å²) in [6.07, 6.45) is 5.54. The van der Waals surface area contributed by atoms with E-state index in [0.29, 0.717) is 11.1 Å². The predicted octanol–water partition coefficient (Wildman–Crippen LogP) is 3.96. The van der Waals surface area contributed by atoms with Crippen LogP contribution in [0.15, 0.2) is 40.2 Å². The normalized spacial score (nSPS) is 9.14. The maximum atomic E-state index is 10.7. The molecule has 0 radical (unpaired) electrons. The number of allylic oxidation sites excluding steroid dienone is 3. The quantitative estimate of drug-likeness (QED) is 0.353. The average Bonchev–Trinajstić information content (AvgIpc) is 2.51. The fourth-order valence-electron chi connectivity index (χ4n) is 1.53. The Hall–Kier alpha value is -2.22. The van der Waals surface area contributed by atoms with E-state index in [1.54, 1.807) is 6.08 Å². The SMILES string of the molecule is CSC(=CC(=C(C#N)C#N)c1ccc([N+](=O)[O-])cc1)SC. The van der Waals surface area contributed by atoms with Gasteiger partial charge < -0.3 is 0 Å². The molecule has 0 aliphatic heterocycles. The van der Waals surface area contributed by atoms with Gasteiger partial charge in [-0.3, -0.25) is 10.1 Å². The monoisotopic (exact) mass is 317 g/mol. The van der Waals surface area contributed by atoms with E-state index in [9.17, 15) is 10.1 Å². The Labute approximate surface area is 131 Å². The summed E-state index contributed by atoms with van der Waals surface area (Å²) in [4.78, 5) is 10.2. The smallest absolute Gasteiger partial charge is 0.258 e. The number of non-ortho nitro benzene ring substituents is 1. The maximum absolute atomic E-state index is 10.7. The molecule has 0 N–H and O–H groups in total. The van der Waals surface area contributed by atoms with E-state index >= 15 is 0 Å². The molecule has 7 heteroatoms. The largest absolute Gasteiger partial charge is 0.269 e. The van der Waals surface area contributed by atoms with Crippen LogP contribution in [0.4, 0.5) is 5.69 Å². The zero-order valence-corrected chi connectivity index (χ0v) is 13.0. The topological polar surface area (TPSA) is 90.7 Å². The molecule has 0 bridgehead atoms. The number of hydrogen-bond acceptors (Lipinski definition) is 6. The second-order valence-electron chi connectivity index (χ2n) is 3.69. The fraction of sp³-hybridized carbons (Fsp3) is 0.143. The summed E-state index contributed by atoms with van der Waals surface area (Å²) in [5.41, 5.74) is 1.00. The number of benzene rings is 1. The lowest BCUT2D eigenvalue weighted by molar-refractivity contribution is -0.384. The number of nitrogens with zero attached hydrogens (tertiary/aromatic N) is 3. The third kappa shape index (κ3) is 4.38. The third-order valence-corrected chi connectivity index (χ3v) is 4.59. The van der Waals surface area contributed by atoms with Crippen molar-refractivity contribution in [2.24, 2.45) is 0 Å². The first-order valence-corrected chi connectivity index (χ1v) is 8.11. The minimum absolute atomic E-state index is 0.0237.